The lowest BCUT2D eigenvalue weighted by Crippen LogP contribution is -2.33. The first-order chi connectivity index (χ1) is 14.9. The molecule has 8 heteroatoms. The van der Waals surface area contributed by atoms with Gasteiger partial charge in [0.05, 0.1) is 11.6 Å². The zero-order valence-electron chi connectivity index (χ0n) is 17.2. The van der Waals surface area contributed by atoms with Crippen molar-refractivity contribution in [3.05, 3.63) is 76.5 Å². The maximum absolute atomic E-state index is 13.4. The van der Waals surface area contributed by atoms with Crippen molar-refractivity contribution in [3.8, 4) is 0 Å². The first-order valence-electron chi connectivity index (χ1n) is 9.89. The highest BCUT2D eigenvalue weighted by Crippen LogP contribution is 2.39. The van der Waals surface area contributed by atoms with Crippen LogP contribution in [0.5, 0.6) is 0 Å². The van der Waals surface area contributed by atoms with Gasteiger partial charge in [0.15, 0.2) is 11.5 Å². The Morgan fingerprint density at radius 3 is 2.68 bits per heavy atom. The molecule has 160 valence electrons. The standard InChI is InChI=1S/C23H22ClN3O4/c1-26(2)10-3-11-27-20(14-6-8-25-9-7-14)19(22(29)23(27)30)21(28)18-13-15-12-16(24)4-5-17(15)31-18/h4-9,12-13,20,29H,3,10-11H2,1-2H3. The lowest BCUT2D eigenvalue weighted by atomic mass is 9.95. The molecule has 0 bridgehead atoms. The molecule has 1 aliphatic heterocycles. The first-order valence-corrected chi connectivity index (χ1v) is 10.3. The van der Waals surface area contributed by atoms with Crippen molar-refractivity contribution in [3.63, 3.8) is 0 Å². The molecule has 4 rings (SSSR count). The molecule has 31 heavy (non-hydrogen) atoms. The molecular formula is C23H22ClN3O4. The summed E-state index contributed by atoms with van der Waals surface area (Å²) in [7, 11) is 3.90. The highest BCUT2D eigenvalue weighted by atomic mass is 35.5. The fourth-order valence-corrected chi connectivity index (χ4v) is 4.01. The number of hydrogen-bond donors (Lipinski definition) is 1. The number of pyridine rings is 1. The number of Topliss-reactive ketones (excluding diaryl/α,β-unsaturated/α-hetero) is 1. The second-order valence-corrected chi connectivity index (χ2v) is 8.16. The fraction of sp³-hybridized carbons (Fsp3) is 0.261. The summed E-state index contributed by atoms with van der Waals surface area (Å²) < 4.78 is 5.71. The van der Waals surface area contributed by atoms with Gasteiger partial charge in [0.25, 0.3) is 5.91 Å². The molecule has 3 heterocycles. The Kier molecular flexibility index (Phi) is 5.80. The molecule has 1 aliphatic rings. The largest absolute Gasteiger partial charge is 0.503 e. The molecule has 0 spiro atoms. The number of amides is 1. The summed E-state index contributed by atoms with van der Waals surface area (Å²) in [5, 5.41) is 11.9. The average Bonchev–Trinajstić information content (AvgIpc) is 3.27. The first kappa shape index (κ1) is 21.1. The van der Waals surface area contributed by atoms with Gasteiger partial charge in [0.1, 0.15) is 5.58 Å². The van der Waals surface area contributed by atoms with E-state index in [-0.39, 0.29) is 11.3 Å². The summed E-state index contributed by atoms with van der Waals surface area (Å²) in [4.78, 5) is 33.9. The van der Waals surface area contributed by atoms with Crippen molar-refractivity contribution in [2.45, 2.75) is 12.5 Å². The summed E-state index contributed by atoms with van der Waals surface area (Å²) >= 11 is 6.03. The molecule has 0 aliphatic carbocycles. The number of furan rings is 1. The van der Waals surface area contributed by atoms with Crippen LogP contribution in [0.25, 0.3) is 11.0 Å². The third kappa shape index (κ3) is 4.06. The summed E-state index contributed by atoms with van der Waals surface area (Å²) in [6, 6.07) is 9.37. The number of benzene rings is 1. The van der Waals surface area contributed by atoms with E-state index in [1.54, 1.807) is 48.8 Å². The Morgan fingerprint density at radius 2 is 1.97 bits per heavy atom. The Balaban J connectivity index is 1.73. The summed E-state index contributed by atoms with van der Waals surface area (Å²) in [5.41, 5.74) is 1.20. The van der Waals surface area contributed by atoms with Crippen LogP contribution in [-0.2, 0) is 4.79 Å². The van der Waals surface area contributed by atoms with Crippen molar-refractivity contribution < 1.29 is 19.1 Å². The molecule has 1 amide bonds. The molecule has 0 fully saturated rings. The number of nitrogens with zero attached hydrogens (tertiary/aromatic N) is 3. The topological polar surface area (TPSA) is 86.9 Å². The quantitative estimate of drug-likeness (QED) is 0.560. The highest BCUT2D eigenvalue weighted by molar-refractivity contribution is 6.31. The SMILES string of the molecule is CN(C)CCCN1C(=O)C(O)=C(C(=O)c2cc3cc(Cl)ccc3o2)C1c1ccncc1. The monoisotopic (exact) mass is 439 g/mol. The minimum Gasteiger partial charge on any atom is -0.503 e. The third-order valence-corrected chi connectivity index (χ3v) is 5.51. The molecule has 2 aromatic heterocycles. The van der Waals surface area contributed by atoms with Crippen LogP contribution >= 0.6 is 11.6 Å². The van der Waals surface area contributed by atoms with Gasteiger partial charge >= 0.3 is 0 Å². The van der Waals surface area contributed by atoms with Crippen LogP contribution in [0.2, 0.25) is 5.02 Å². The molecule has 1 N–H and O–H groups in total. The predicted molar refractivity (Wildman–Crippen MR) is 117 cm³/mol. The Hall–Kier alpha value is -3.16. The molecule has 1 unspecified atom stereocenters. The van der Waals surface area contributed by atoms with E-state index >= 15 is 0 Å². The number of carbonyl (C=O) groups is 2. The second kappa shape index (κ2) is 8.53. The van der Waals surface area contributed by atoms with Crippen molar-refractivity contribution in [1.29, 1.82) is 0 Å². The Bertz CT molecular complexity index is 1170. The van der Waals surface area contributed by atoms with Gasteiger partial charge in [0.2, 0.25) is 5.78 Å². The highest BCUT2D eigenvalue weighted by Gasteiger charge is 2.44. The summed E-state index contributed by atoms with van der Waals surface area (Å²) in [6.07, 6.45) is 3.88. The average molecular weight is 440 g/mol. The number of aliphatic hydroxyl groups excluding tert-OH is 1. The van der Waals surface area contributed by atoms with Crippen molar-refractivity contribution in [2.24, 2.45) is 0 Å². The number of ketones is 1. The molecule has 0 saturated heterocycles. The second-order valence-electron chi connectivity index (χ2n) is 7.72. The Labute approximate surface area is 184 Å². The van der Waals surface area contributed by atoms with Crippen molar-refractivity contribution >= 4 is 34.3 Å². The lowest BCUT2D eigenvalue weighted by molar-refractivity contribution is -0.129. The van der Waals surface area contributed by atoms with E-state index in [4.69, 9.17) is 16.0 Å². The molecule has 7 nitrogen and oxygen atoms in total. The van der Waals surface area contributed by atoms with Crippen LogP contribution in [0.4, 0.5) is 0 Å². The zero-order chi connectivity index (χ0) is 22.1. The predicted octanol–water partition coefficient (Wildman–Crippen LogP) is 4.01. The number of rotatable bonds is 7. The number of halogens is 1. The van der Waals surface area contributed by atoms with Gasteiger partial charge < -0.3 is 19.3 Å². The van der Waals surface area contributed by atoms with E-state index in [0.717, 1.165) is 6.54 Å². The van der Waals surface area contributed by atoms with Crippen LogP contribution in [0.3, 0.4) is 0 Å². The molecular weight excluding hydrogens is 418 g/mol. The van der Waals surface area contributed by atoms with E-state index in [2.05, 4.69) is 4.98 Å². The molecule has 1 atom stereocenters. The van der Waals surface area contributed by atoms with Gasteiger partial charge in [-0.15, -0.1) is 0 Å². The number of aromatic nitrogens is 1. The van der Waals surface area contributed by atoms with Gasteiger partial charge in [-0.25, -0.2) is 0 Å². The maximum atomic E-state index is 13.4. The minimum atomic E-state index is -0.720. The summed E-state index contributed by atoms with van der Waals surface area (Å²) in [6.45, 7) is 1.15. The number of aliphatic hydroxyl groups is 1. The van der Waals surface area contributed by atoms with Gasteiger partial charge in [0, 0.05) is 29.3 Å². The minimum absolute atomic E-state index is 0.00575. The van der Waals surface area contributed by atoms with Crippen LogP contribution in [-0.4, -0.2) is 58.8 Å². The van der Waals surface area contributed by atoms with E-state index in [1.165, 1.54) is 4.90 Å². The molecule has 1 aromatic carbocycles. The fourth-order valence-electron chi connectivity index (χ4n) is 3.82. The molecule has 3 aromatic rings. The van der Waals surface area contributed by atoms with E-state index in [1.807, 2.05) is 19.0 Å². The molecule has 0 radical (unpaired) electrons. The summed E-state index contributed by atoms with van der Waals surface area (Å²) in [5.74, 6) is -1.60. The van der Waals surface area contributed by atoms with E-state index in [9.17, 15) is 14.7 Å². The van der Waals surface area contributed by atoms with Gasteiger partial charge in [-0.05, 0) is 69.0 Å². The van der Waals surface area contributed by atoms with Crippen LogP contribution in [0, 0.1) is 0 Å². The number of fused-ring (bicyclic) bond motifs is 1. The van der Waals surface area contributed by atoms with Crippen LogP contribution in [0.15, 0.2) is 64.5 Å². The Morgan fingerprint density at radius 1 is 1.23 bits per heavy atom. The van der Waals surface area contributed by atoms with E-state index < -0.39 is 23.5 Å². The van der Waals surface area contributed by atoms with Crippen LogP contribution < -0.4 is 0 Å². The van der Waals surface area contributed by atoms with Crippen molar-refractivity contribution in [2.75, 3.05) is 27.2 Å². The maximum Gasteiger partial charge on any atom is 0.290 e. The van der Waals surface area contributed by atoms with Gasteiger partial charge in [-0.1, -0.05) is 11.6 Å². The van der Waals surface area contributed by atoms with Crippen LogP contribution in [0.1, 0.15) is 28.6 Å². The van der Waals surface area contributed by atoms with Gasteiger partial charge in [-0.3, -0.25) is 14.6 Å². The molecule has 0 saturated carbocycles. The van der Waals surface area contributed by atoms with Crippen molar-refractivity contribution in [1.82, 2.24) is 14.8 Å². The lowest BCUT2D eigenvalue weighted by Gasteiger charge is -2.27. The zero-order valence-corrected chi connectivity index (χ0v) is 18.0. The van der Waals surface area contributed by atoms with Gasteiger partial charge in [-0.2, -0.15) is 0 Å². The number of carbonyl (C=O) groups excluding carboxylic acids is 2. The normalized spacial score (nSPS) is 16.7. The van der Waals surface area contributed by atoms with E-state index in [0.29, 0.717) is 34.5 Å². The smallest absolute Gasteiger partial charge is 0.290 e. The third-order valence-electron chi connectivity index (χ3n) is 5.28. The number of hydrogen-bond acceptors (Lipinski definition) is 6.